The van der Waals surface area contributed by atoms with E-state index in [1.54, 1.807) is 30.6 Å². The van der Waals surface area contributed by atoms with Gasteiger partial charge in [-0.05, 0) is 30.3 Å². The number of rotatable bonds is 5. The highest BCUT2D eigenvalue weighted by Gasteiger charge is 2.29. The molecule has 0 unspecified atom stereocenters. The van der Waals surface area contributed by atoms with Crippen molar-refractivity contribution in [3.05, 3.63) is 54.0 Å². The number of hydrogen-bond donors (Lipinski definition) is 1. The van der Waals surface area contributed by atoms with Gasteiger partial charge in [-0.3, -0.25) is 4.72 Å². The molecule has 5 rings (SSSR count). The number of aromatic nitrogens is 4. The number of hydrogen-bond acceptors (Lipinski definition) is 9. The summed E-state index contributed by atoms with van der Waals surface area (Å²) in [4.78, 5) is 22.9. The fourth-order valence-corrected chi connectivity index (χ4v) is 4.46. The standard InChI is InChI=1S/C21H23N7O3S/c1-32(29,30)26-16-5-3-15(4-6-16)19-24-18-14-28(21-22-7-2-8-23-21)13-17(18)20(25-19)27-9-11-31-12-10-27/h2-8,26H,9-14H2,1H3. The van der Waals surface area contributed by atoms with Gasteiger partial charge in [-0.1, -0.05) is 0 Å². The van der Waals surface area contributed by atoms with Crippen molar-refractivity contribution in [1.29, 1.82) is 0 Å². The average Bonchev–Trinajstić information content (AvgIpc) is 3.23. The maximum atomic E-state index is 11.5. The summed E-state index contributed by atoms with van der Waals surface area (Å²) in [5.74, 6) is 2.17. The fourth-order valence-electron chi connectivity index (χ4n) is 3.90. The van der Waals surface area contributed by atoms with Crippen LogP contribution in [0.4, 0.5) is 17.5 Å². The molecule has 166 valence electrons. The van der Waals surface area contributed by atoms with Crippen LogP contribution < -0.4 is 14.5 Å². The van der Waals surface area contributed by atoms with E-state index < -0.39 is 10.0 Å². The van der Waals surface area contributed by atoms with Crippen LogP contribution >= 0.6 is 0 Å². The van der Waals surface area contributed by atoms with Gasteiger partial charge in [-0.15, -0.1) is 0 Å². The zero-order chi connectivity index (χ0) is 22.1. The molecule has 1 aromatic carbocycles. The Kier molecular flexibility index (Phi) is 5.35. The highest BCUT2D eigenvalue weighted by Crippen LogP contribution is 2.33. The van der Waals surface area contributed by atoms with Crippen LogP contribution in [0.5, 0.6) is 0 Å². The Morgan fingerprint density at radius 2 is 1.69 bits per heavy atom. The minimum atomic E-state index is -3.33. The van der Waals surface area contributed by atoms with Gasteiger partial charge >= 0.3 is 0 Å². The van der Waals surface area contributed by atoms with Crippen molar-refractivity contribution in [1.82, 2.24) is 19.9 Å². The Morgan fingerprint density at radius 3 is 2.38 bits per heavy atom. The Labute approximate surface area is 186 Å². The quantitative estimate of drug-likeness (QED) is 0.616. The summed E-state index contributed by atoms with van der Waals surface area (Å²) >= 11 is 0. The van der Waals surface area contributed by atoms with Crippen LogP contribution in [0.15, 0.2) is 42.7 Å². The van der Waals surface area contributed by atoms with Crippen LogP contribution in [0.3, 0.4) is 0 Å². The van der Waals surface area contributed by atoms with Gasteiger partial charge in [-0.25, -0.2) is 28.4 Å². The molecule has 11 heteroatoms. The lowest BCUT2D eigenvalue weighted by Gasteiger charge is -2.29. The molecule has 0 saturated carbocycles. The summed E-state index contributed by atoms with van der Waals surface area (Å²) < 4.78 is 31.0. The first-order valence-electron chi connectivity index (χ1n) is 10.3. The summed E-state index contributed by atoms with van der Waals surface area (Å²) in [5, 5.41) is 0. The lowest BCUT2D eigenvalue weighted by molar-refractivity contribution is 0.122. The number of morpholine rings is 1. The van der Waals surface area contributed by atoms with Gasteiger partial charge in [0.25, 0.3) is 0 Å². The molecule has 0 atom stereocenters. The van der Waals surface area contributed by atoms with Gasteiger partial charge in [0, 0.05) is 42.3 Å². The Morgan fingerprint density at radius 1 is 0.969 bits per heavy atom. The molecular weight excluding hydrogens is 430 g/mol. The van der Waals surface area contributed by atoms with Gasteiger partial charge < -0.3 is 14.5 Å². The van der Waals surface area contributed by atoms with Gasteiger partial charge in [-0.2, -0.15) is 0 Å². The number of nitrogens with one attached hydrogen (secondary N) is 1. The first kappa shape index (κ1) is 20.6. The molecule has 0 radical (unpaired) electrons. The maximum Gasteiger partial charge on any atom is 0.229 e. The topological polar surface area (TPSA) is 113 Å². The highest BCUT2D eigenvalue weighted by atomic mass is 32.2. The van der Waals surface area contributed by atoms with Crippen LogP contribution in [-0.4, -0.2) is 60.9 Å². The van der Waals surface area contributed by atoms with E-state index >= 15 is 0 Å². The molecule has 10 nitrogen and oxygen atoms in total. The SMILES string of the molecule is CS(=O)(=O)Nc1ccc(-c2nc3c(c(N4CCOCC4)n2)CN(c2ncccn2)C3)cc1. The molecular formula is C21H23N7O3S. The summed E-state index contributed by atoms with van der Waals surface area (Å²) in [6.07, 6.45) is 4.59. The number of nitrogens with zero attached hydrogens (tertiary/aromatic N) is 6. The minimum Gasteiger partial charge on any atom is -0.378 e. The van der Waals surface area contributed by atoms with Crippen LogP contribution in [0.2, 0.25) is 0 Å². The van der Waals surface area contributed by atoms with Gasteiger partial charge in [0.2, 0.25) is 16.0 Å². The predicted octanol–water partition coefficient (Wildman–Crippen LogP) is 1.66. The van der Waals surface area contributed by atoms with Crippen molar-refractivity contribution >= 4 is 27.5 Å². The average molecular weight is 454 g/mol. The Balaban J connectivity index is 1.51. The molecule has 2 aromatic heterocycles. The van der Waals surface area contributed by atoms with Crippen LogP contribution in [0.1, 0.15) is 11.3 Å². The summed E-state index contributed by atoms with van der Waals surface area (Å²) in [6.45, 7) is 4.09. The first-order valence-corrected chi connectivity index (χ1v) is 12.2. The summed E-state index contributed by atoms with van der Waals surface area (Å²) in [5.41, 5.74) is 3.34. The third kappa shape index (κ3) is 4.34. The van der Waals surface area contributed by atoms with E-state index in [0.717, 1.165) is 42.0 Å². The third-order valence-corrected chi connectivity index (χ3v) is 5.96. The molecule has 0 spiro atoms. The molecule has 0 aliphatic carbocycles. The van der Waals surface area contributed by atoms with E-state index in [-0.39, 0.29) is 0 Å². The second kappa shape index (κ2) is 8.32. The zero-order valence-electron chi connectivity index (χ0n) is 17.6. The van der Waals surface area contributed by atoms with E-state index in [1.807, 2.05) is 12.1 Å². The highest BCUT2D eigenvalue weighted by molar-refractivity contribution is 7.92. The molecule has 2 aliphatic rings. The molecule has 4 heterocycles. The van der Waals surface area contributed by atoms with Crippen LogP contribution in [0.25, 0.3) is 11.4 Å². The lowest BCUT2D eigenvalue weighted by Crippen LogP contribution is -2.37. The molecule has 0 bridgehead atoms. The molecule has 1 fully saturated rings. The minimum absolute atomic E-state index is 0.498. The summed E-state index contributed by atoms with van der Waals surface area (Å²) in [7, 11) is -3.33. The molecule has 1 N–H and O–H groups in total. The maximum absolute atomic E-state index is 11.5. The predicted molar refractivity (Wildman–Crippen MR) is 121 cm³/mol. The molecule has 1 saturated heterocycles. The number of sulfonamides is 1. The molecule has 2 aliphatic heterocycles. The van der Waals surface area contributed by atoms with E-state index in [1.165, 1.54) is 0 Å². The van der Waals surface area contributed by atoms with Crippen molar-refractivity contribution in [2.75, 3.05) is 47.1 Å². The largest absolute Gasteiger partial charge is 0.378 e. The Hall–Kier alpha value is -3.31. The van der Waals surface area contributed by atoms with Crippen molar-refractivity contribution in [2.24, 2.45) is 0 Å². The molecule has 3 aromatic rings. The van der Waals surface area contributed by atoms with E-state index in [2.05, 4.69) is 24.5 Å². The van der Waals surface area contributed by atoms with Crippen molar-refractivity contribution in [2.45, 2.75) is 13.1 Å². The normalized spacial score (nSPS) is 16.2. The van der Waals surface area contributed by atoms with E-state index in [9.17, 15) is 8.42 Å². The Bertz CT molecular complexity index is 1210. The van der Waals surface area contributed by atoms with Crippen LogP contribution in [-0.2, 0) is 27.8 Å². The first-order chi connectivity index (χ1) is 15.5. The van der Waals surface area contributed by atoms with Crippen molar-refractivity contribution < 1.29 is 13.2 Å². The molecule has 32 heavy (non-hydrogen) atoms. The van der Waals surface area contributed by atoms with E-state index in [0.29, 0.717) is 43.8 Å². The fraction of sp³-hybridized carbons (Fsp3) is 0.333. The van der Waals surface area contributed by atoms with Gasteiger partial charge in [0.1, 0.15) is 5.82 Å². The van der Waals surface area contributed by atoms with Gasteiger partial charge in [0.15, 0.2) is 5.82 Å². The second-order valence-corrected chi connectivity index (χ2v) is 9.50. The van der Waals surface area contributed by atoms with E-state index in [4.69, 9.17) is 14.7 Å². The zero-order valence-corrected chi connectivity index (χ0v) is 18.4. The summed E-state index contributed by atoms with van der Waals surface area (Å²) in [6, 6.07) is 8.87. The van der Waals surface area contributed by atoms with Crippen molar-refractivity contribution in [3.8, 4) is 11.4 Å². The number of fused-ring (bicyclic) bond motifs is 1. The smallest absolute Gasteiger partial charge is 0.229 e. The number of anilines is 3. The number of benzene rings is 1. The monoisotopic (exact) mass is 453 g/mol. The number of ether oxygens (including phenoxy) is 1. The molecule has 0 amide bonds. The lowest BCUT2D eigenvalue weighted by atomic mass is 10.1. The van der Waals surface area contributed by atoms with Crippen LogP contribution in [0, 0.1) is 0 Å². The van der Waals surface area contributed by atoms with Crippen molar-refractivity contribution in [3.63, 3.8) is 0 Å². The third-order valence-electron chi connectivity index (χ3n) is 5.35. The second-order valence-electron chi connectivity index (χ2n) is 7.75. The van der Waals surface area contributed by atoms with Gasteiger partial charge in [0.05, 0.1) is 38.3 Å².